The Kier molecular flexibility index (Phi) is 7.72. The van der Waals surface area contributed by atoms with Crippen LogP contribution in [-0.2, 0) is 17.8 Å². The van der Waals surface area contributed by atoms with Gasteiger partial charge < -0.3 is 19.5 Å². The van der Waals surface area contributed by atoms with Gasteiger partial charge in [0, 0.05) is 19.0 Å². The summed E-state index contributed by atoms with van der Waals surface area (Å²) in [5.41, 5.74) is 1.00. The number of carbonyl (C=O) groups is 3. The third-order valence-corrected chi connectivity index (χ3v) is 5.21. The van der Waals surface area contributed by atoms with Gasteiger partial charge in [0.2, 0.25) is 5.69 Å². The summed E-state index contributed by atoms with van der Waals surface area (Å²) in [7, 11) is 1.54. The lowest BCUT2D eigenvalue weighted by Crippen LogP contribution is -2.29. The standard InChI is InChI=1S/C21H22FN5O5S/c1-4-31-19(29)17-16(12(2)32-26-17)18(28)27(3)10-15-11-33-21(24-15)25-20(30)23-9-13-6-5-7-14(22)8-13/h5-8,11H,4,9-10H2,1-3H3,(H2,23,24,25,30). The number of thiazole rings is 1. The summed E-state index contributed by atoms with van der Waals surface area (Å²) in [5.74, 6) is -1.40. The van der Waals surface area contributed by atoms with Crippen molar-refractivity contribution in [2.45, 2.75) is 26.9 Å². The number of aromatic nitrogens is 2. The Morgan fingerprint density at radius 1 is 1.30 bits per heavy atom. The van der Waals surface area contributed by atoms with Crippen molar-refractivity contribution >= 4 is 34.4 Å². The fourth-order valence-electron chi connectivity index (χ4n) is 2.88. The van der Waals surface area contributed by atoms with Gasteiger partial charge in [-0.2, -0.15) is 0 Å². The van der Waals surface area contributed by atoms with Crippen LogP contribution >= 0.6 is 11.3 Å². The highest BCUT2D eigenvalue weighted by molar-refractivity contribution is 7.13. The summed E-state index contributed by atoms with van der Waals surface area (Å²) in [4.78, 5) is 42.6. The SMILES string of the molecule is CCOC(=O)c1noc(C)c1C(=O)N(C)Cc1csc(NC(=O)NCc2cccc(F)c2)n1. The maximum absolute atomic E-state index is 13.2. The number of hydrogen-bond acceptors (Lipinski definition) is 8. The Morgan fingerprint density at radius 3 is 2.82 bits per heavy atom. The molecule has 174 valence electrons. The molecule has 0 aliphatic heterocycles. The van der Waals surface area contributed by atoms with Gasteiger partial charge in [0.1, 0.15) is 17.1 Å². The van der Waals surface area contributed by atoms with Crippen LogP contribution in [0.2, 0.25) is 0 Å². The highest BCUT2D eigenvalue weighted by atomic mass is 32.1. The Labute approximate surface area is 192 Å². The van der Waals surface area contributed by atoms with E-state index < -0.39 is 17.9 Å². The van der Waals surface area contributed by atoms with E-state index in [1.807, 2.05) is 0 Å². The second-order valence-electron chi connectivity index (χ2n) is 6.93. The first-order valence-corrected chi connectivity index (χ1v) is 10.8. The number of benzene rings is 1. The molecule has 12 heteroatoms. The molecule has 0 unspecified atom stereocenters. The van der Waals surface area contributed by atoms with E-state index in [0.717, 1.165) is 0 Å². The van der Waals surface area contributed by atoms with Crippen molar-refractivity contribution in [1.29, 1.82) is 0 Å². The monoisotopic (exact) mass is 475 g/mol. The number of aryl methyl sites for hydroxylation is 1. The number of ether oxygens (including phenoxy) is 1. The second-order valence-corrected chi connectivity index (χ2v) is 7.78. The molecule has 3 aromatic rings. The van der Waals surface area contributed by atoms with E-state index in [9.17, 15) is 18.8 Å². The molecule has 33 heavy (non-hydrogen) atoms. The van der Waals surface area contributed by atoms with Crippen LogP contribution in [-0.4, -0.2) is 46.6 Å². The molecule has 0 fully saturated rings. The maximum Gasteiger partial charge on any atom is 0.361 e. The molecular weight excluding hydrogens is 453 g/mol. The van der Waals surface area contributed by atoms with Crippen molar-refractivity contribution in [3.05, 3.63) is 63.7 Å². The lowest BCUT2D eigenvalue weighted by atomic mass is 10.1. The summed E-state index contributed by atoms with van der Waals surface area (Å²) >= 11 is 1.18. The zero-order valence-electron chi connectivity index (χ0n) is 18.2. The summed E-state index contributed by atoms with van der Waals surface area (Å²) in [6.45, 7) is 3.59. The first-order valence-electron chi connectivity index (χ1n) is 9.91. The summed E-state index contributed by atoms with van der Waals surface area (Å²) in [5, 5.41) is 10.9. The lowest BCUT2D eigenvalue weighted by molar-refractivity contribution is 0.0508. The molecule has 3 rings (SSSR count). The van der Waals surface area contributed by atoms with E-state index in [1.165, 1.54) is 35.3 Å². The van der Waals surface area contributed by atoms with E-state index in [0.29, 0.717) is 16.4 Å². The molecule has 2 N–H and O–H groups in total. The third kappa shape index (κ3) is 6.13. The van der Waals surface area contributed by atoms with E-state index in [1.54, 1.807) is 31.5 Å². The number of esters is 1. The predicted molar refractivity (Wildman–Crippen MR) is 117 cm³/mol. The molecule has 10 nitrogen and oxygen atoms in total. The van der Waals surface area contributed by atoms with Crippen molar-refractivity contribution in [1.82, 2.24) is 20.4 Å². The first-order chi connectivity index (χ1) is 15.8. The quantitative estimate of drug-likeness (QED) is 0.478. The number of anilines is 1. The Bertz CT molecular complexity index is 1160. The number of carbonyl (C=O) groups excluding carboxylic acids is 3. The minimum Gasteiger partial charge on any atom is -0.461 e. The second kappa shape index (κ2) is 10.7. The average molecular weight is 476 g/mol. The van der Waals surface area contributed by atoms with Crippen LogP contribution in [0.4, 0.5) is 14.3 Å². The van der Waals surface area contributed by atoms with E-state index in [2.05, 4.69) is 20.8 Å². The van der Waals surface area contributed by atoms with Gasteiger partial charge in [-0.05, 0) is 31.5 Å². The van der Waals surface area contributed by atoms with E-state index in [4.69, 9.17) is 9.26 Å². The molecule has 0 bridgehead atoms. The Balaban J connectivity index is 1.58. The molecule has 0 radical (unpaired) electrons. The molecule has 2 heterocycles. The molecule has 0 aliphatic rings. The van der Waals surface area contributed by atoms with Crippen molar-refractivity contribution in [3.8, 4) is 0 Å². The highest BCUT2D eigenvalue weighted by Crippen LogP contribution is 2.20. The number of hydrogen-bond donors (Lipinski definition) is 2. The van der Waals surface area contributed by atoms with Crippen molar-refractivity contribution in [2.24, 2.45) is 0 Å². The van der Waals surface area contributed by atoms with Gasteiger partial charge in [0.15, 0.2) is 5.13 Å². The molecule has 1 aromatic carbocycles. The van der Waals surface area contributed by atoms with Gasteiger partial charge in [-0.15, -0.1) is 11.3 Å². The van der Waals surface area contributed by atoms with Crippen LogP contribution in [0.3, 0.4) is 0 Å². The first kappa shape index (κ1) is 23.9. The fraction of sp³-hybridized carbons (Fsp3) is 0.286. The van der Waals surface area contributed by atoms with Crippen molar-refractivity contribution in [3.63, 3.8) is 0 Å². The van der Waals surface area contributed by atoms with Crippen LogP contribution in [0.25, 0.3) is 0 Å². The van der Waals surface area contributed by atoms with Crippen LogP contribution in [0.1, 0.15) is 44.8 Å². The Hall–Kier alpha value is -3.80. The van der Waals surface area contributed by atoms with E-state index in [-0.39, 0.29) is 42.5 Å². The number of urea groups is 1. The molecule has 2 aromatic heterocycles. The van der Waals surface area contributed by atoms with Gasteiger partial charge in [-0.25, -0.2) is 19.0 Å². The number of nitrogens with one attached hydrogen (secondary N) is 2. The zero-order valence-corrected chi connectivity index (χ0v) is 19.0. The number of rotatable bonds is 8. The highest BCUT2D eigenvalue weighted by Gasteiger charge is 2.28. The number of amides is 3. The molecule has 3 amide bonds. The maximum atomic E-state index is 13.2. The summed E-state index contributed by atoms with van der Waals surface area (Å²) < 4.78 is 23.1. The third-order valence-electron chi connectivity index (χ3n) is 4.41. The Morgan fingerprint density at radius 2 is 2.09 bits per heavy atom. The van der Waals surface area contributed by atoms with E-state index >= 15 is 0 Å². The molecule has 0 saturated heterocycles. The normalized spacial score (nSPS) is 10.5. The lowest BCUT2D eigenvalue weighted by Gasteiger charge is -2.15. The van der Waals surface area contributed by atoms with Crippen molar-refractivity contribution in [2.75, 3.05) is 19.0 Å². The molecule has 0 spiro atoms. The molecule has 0 saturated carbocycles. The summed E-state index contributed by atoms with van der Waals surface area (Å²) in [6.07, 6.45) is 0. The van der Waals surface area contributed by atoms with Gasteiger partial charge in [-0.3, -0.25) is 10.1 Å². The van der Waals surface area contributed by atoms with Crippen LogP contribution in [0.15, 0.2) is 34.2 Å². The minimum absolute atomic E-state index is 0.0289. The van der Waals surface area contributed by atoms with Crippen molar-refractivity contribution < 1.29 is 28.0 Å². The summed E-state index contributed by atoms with van der Waals surface area (Å²) in [6, 6.07) is 5.42. The number of halogens is 1. The van der Waals surface area contributed by atoms with Crippen LogP contribution in [0, 0.1) is 12.7 Å². The minimum atomic E-state index is -0.740. The van der Waals surface area contributed by atoms with Crippen LogP contribution in [0.5, 0.6) is 0 Å². The van der Waals surface area contributed by atoms with Gasteiger partial charge in [-0.1, -0.05) is 17.3 Å². The molecule has 0 atom stereocenters. The van der Waals surface area contributed by atoms with Crippen LogP contribution < -0.4 is 10.6 Å². The van der Waals surface area contributed by atoms with Gasteiger partial charge in [0.05, 0.1) is 18.8 Å². The average Bonchev–Trinajstić information content (AvgIpc) is 3.38. The largest absolute Gasteiger partial charge is 0.461 e. The van der Waals surface area contributed by atoms with Gasteiger partial charge >= 0.3 is 12.0 Å². The predicted octanol–water partition coefficient (Wildman–Crippen LogP) is 3.35. The molecular formula is C21H22FN5O5S. The fourth-order valence-corrected chi connectivity index (χ4v) is 3.57. The smallest absolute Gasteiger partial charge is 0.361 e. The zero-order chi connectivity index (χ0) is 24.0. The van der Waals surface area contributed by atoms with Gasteiger partial charge in [0.25, 0.3) is 5.91 Å². The number of nitrogens with zero attached hydrogens (tertiary/aromatic N) is 3. The topological polar surface area (TPSA) is 127 Å². The molecule has 0 aliphatic carbocycles.